The maximum atomic E-state index is 11.8. The lowest BCUT2D eigenvalue weighted by Crippen LogP contribution is -2.19. The molecule has 0 saturated heterocycles. The van der Waals surface area contributed by atoms with Crippen LogP contribution < -0.4 is 5.48 Å². The second kappa shape index (κ2) is 5.19. The van der Waals surface area contributed by atoms with E-state index in [9.17, 15) is 9.59 Å². The molecule has 0 bridgehead atoms. The van der Waals surface area contributed by atoms with Crippen LogP contribution in [-0.4, -0.2) is 31.9 Å². The van der Waals surface area contributed by atoms with Gasteiger partial charge < -0.3 is 0 Å². The molecule has 1 heterocycles. The number of nitrogens with zero attached hydrogens (tertiary/aromatic N) is 3. The van der Waals surface area contributed by atoms with Gasteiger partial charge in [-0.2, -0.15) is 0 Å². The van der Waals surface area contributed by atoms with Crippen molar-refractivity contribution in [3.63, 3.8) is 0 Å². The molecule has 0 saturated carbocycles. The van der Waals surface area contributed by atoms with E-state index in [1.54, 1.807) is 24.3 Å². The predicted octanol–water partition coefficient (Wildman–Crippen LogP) is 0.280. The average molecular weight is 246 g/mol. The summed E-state index contributed by atoms with van der Waals surface area (Å²) < 4.78 is 1.24. The van der Waals surface area contributed by atoms with Gasteiger partial charge in [-0.15, -0.1) is 5.10 Å². The fourth-order valence-corrected chi connectivity index (χ4v) is 1.40. The molecule has 1 aromatic carbocycles. The molecule has 0 aliphatic carbocycles. The standard InChI is InChI=1S/C11H10N4O3/c16-10(8-4-2-1-3-5-8)7-15-6-9(12-14-15)11(17)13-18/h1-6,18H,7H2,(H,13,17). The summed E-state index contributed by atoms with van der Waals surface area (Å²) in [6, 6.07) is 8.73. The van der Waals surface area contributed by atoms with Crippen molar-refractivity contribution in [2.75, 3.05) is 0 Å². The normalized spacial score (nSPS) is 10.1. The van der Waals surface area contributed by atoms with Crippen molar-refractivity contribution in [2.24, 2.45) is 0 Å². The number of hydroxylamine groups is 1. The number of carbonyl (C=O) groups excluding carboxylic acids is 2. The Balaban J connectivity index is 2.08. The summed E-state index contributed by atoms with van der Waals surface area (Å²) in [5, 5.41) is 15.6. The number of nitrogens with one attached hydrogen (secondary N) is 1. The van der Waals surface area contributed by atoms with Crippen LogP contribution in [0.4, 0.5) is 0 Å². The maximum Gasteiger partial charge on any atom is 0.296 e. The molecular formula is C11H10N4O3. The summed E-state index contributed by atoms with van der Waals surface area (Å²) in [4.78, 5) is 22.8. The molecule has 0 aliphatic rings. The monoisotopic (exact) mass is 246 g/mol. The molecule has 7 heteroatoms. The Bertz CT molecular complexity index is 565. The van der Waals surface area contributed by atoms with Gasteiger partial charge in [-0.3, -0.25) is 14.8 Å². The Kier molecular flexibility index (Phi) is 3.44. The van der Waals surface area contributed by atoms with Crippen LogP contribution in [0.5, 0.6) is 0 Å². The third kappa shape index (κ3) is 2.58. The van der Waals surface area contributed by atoms with E-state index in [1.807, 2.05) is 6.07 Å². The van der Waals surface area contributed by atoms with E-state index in [0.717, 1.165) is 0 Å². The first-order valence-electron chi connectivity index (χ1n) is 5.13. The van der Waals surface area contributed by atoms with Crippen molar-refractivity contribution >= 4 is 11.7 Å². The zero-order valence-corrected chi connectivity index (χ0v) is 9.28. The van der Waals surface area contributed by atoms with E-state index in [4.69, 9.17) is 5.21 Å². The summed E-state index contributed by atoms with van der Waals surface area (Å²) in [7, 11) is 0. The first kappa shape index (κ1) is 11.9. The van der Waals surface area contributed by atoms with Gasteiger partial charge in [0, 0.05) is 5.56 Å². The molecule has 0 spiro atoms. The minimum Gasteiger partial charge on any atom is -0.292 e. The SMILES string of the molecule is O=C(Cn1cc(C(=O)NO)nn1)c1ccccc1. The highest BCUT2D eigenvalue weighted by Crippen LogP contribution is 2.02. The fraction of sp³-hybridized carbons (Fsp3) is 0.0909. The number of amides is 1. The highest BCUT2D eigenvalue weighted by molar-refractivity contribution is 5.96. The number of benzene rings is 1. The van der Waals surface area contributed by atoms with Gasteiger partial charge in [0.2, 0.25) is 0 Å². The number of rotatable bonds is 4. The Hall–Kier alpha value is -2.54. The summed E-state index contributed by atoms with van der Waals surface area (Å²) >= 11 is 0. The molecule has 2 N–H and O–H groups in total. The number of aromatic nitrogens is 3. The number of hydrogen-bond acceptors (Lipinski definition) is 5. The number of ketones is 1. The van der Waals surface area contributed by atoms with Gasteiger partial charge in [-0.25, -0.2) is 10.2 Å². The number of hydrogen-bond donors (Lipinski definition) is 2. The van der Waals surface area contributed by atoms with E-state index < -0.39 is 5.91 Å². The lowest BCUT2D eigenvalue weighted by atomic mass is 10.1. The molecule has 0 unspecified atom stereocenters. The maximum absolute atomic E-state index is 11.8. The van der Waals surface area contributed by atoms with Crippen molar-refractivity contribution in [3.8, 4) is 0 Å². The van der Waals surface area contributed by atoms with Gasteiger partial charge >= 0.3 is 0 Å². The fourth-order valence-electron chi connectivity index (χ4n) is 1.40. The Morgan fingerprint density at radius 1 is 1.28 bits per heavy atom. The molecule has 1 amide bonds. The molecule has 2 aromatic rings. The van der Waals surface area contributed by atoms with E-state index in [1.165, 1.54) is 16.4 Å². The minimum atomic E-state index is -0.770. The molecule has 2 rings (SSSR count). The first-order chi connectivity index (χ1) is 8.70. The van der Waals surface area contributed by atoms with Crippen LogP contribution in [0.1, 0.15) is 20.8 Å². The molecule has 0 radical (unpaired) electrons. The molecule has 0 fully saturated rings. The smallest absolute Gasteiger partial charge is 0.292 e. The molecule has 1 aromatic heterocycles. The van der Waals surface area contributed by atoms with Crippen molar-refractivity contribution in [3.05, 3.63) is 47.8 Å². The lowest BCUT2D eigenvalue weighted by Gasteiger charge is -1.99. The summed E-state index contributed by atoms with van der Waals surface area (Å²) in [6.45, 7) is -0.0181. The van der Waals surface area contributed by atoms with Crippen molar-refractivity contribution in [2.45, 2.75) is 6.54 Å². The van der Waals surface area contributed by atoms with E-state index >= 15 is 0 Å². The first-order valence-corrected chi connectivity index (χ1v) is 5.13. The zero-order valence-electron chi connectivity index (χ0n) is 9.28. The second-order valence-electron chi connectivity index (χ2n) is 3.53. The molecule has 92 valence electrons. The largest absolute Gasteiger partial charge is 0.296 e. The van der Waals surface area contributed by atoms with Crippen LogP contribution in [0.3, 0.4) is 0 Å². The summed E-state index contributed by atoms with van der Waals surface area (Å²) in [5.41, 5.74) is 1.94. The third-order valence-electron chi connectivity index (χ3n) is 2.27. The minimum absolute atomic E-state index is 0.0181. The van der Waals surface area contributed by atoms with Crippen LogP contribution in [0.15, 0.2) is 36.5 Å². The molecule has 0 atom stereocenters. The van der Waals surface area contributed by atoms with Gasteiger partial charge in [0.15, 0.2) is 11.5 Å². The van der Waals surface area contributed by atoms with Gasteiger partial charge in [0.1, 0.15) is 6.54 Å². The van der Waals surface area contributed by atoms with Gasteiger partial charge in [0.25, 0.3) is 5.91 Å². The van der Waals surface area contributed by atoms with E-state index in [-0.39, 0.29) is 18.0 Å². The van der Waals surface area contributed by atoms with Crippen LogP contribution in [0.2, 0.25) is 0 Å². The highest BCUT2D eigenvalue weighted by atomic mass is 16.5. The predicted molar refractivity (Wildman–Crippen MR) is 60.0 cm³/mol. The van der Waals surface area contributed by atoms with Gasteiger partial charge in [-0.1, -0.05) is 35.5 Å². The number of Topliss-reactive ketones (excluding diaryl/α,β-unsaturated/α-hetero) is 1. The van der Waals surface area contributed by atoms with Crippen LogP contribution in [-0.2, 0) is 6.54 Å². The van der Waals surface area contributed by atoms with Crippen molar-refractivity contribution in [1.29, 1.82) is 0 Å². The molecule has 0 aliphatic heterocycles. The summed E-state index contributed by atoms with van der Waals surface area (Å²) in [6.07, 6.45) is 1.28. The van der Waals surface area contributed by atoms with E-state index in [2.05, 4.69) is 10.3 Å². The topological polar surface area (TPSA) is 97.1 Å². The van der Waals surface area contributed by atoms with E-state index in [0.29, 0.717) is 5.56 Å². The Morgan fingerprint density at radius 2 is 2.00 bits per heavy atom. The summed E-state index contributed by atoms with van der Waals surface area (Å²) in [5.74, 6) is -0.912. The van der Waals surface area contributed by atoms with Crippen LogP contribution in [0, 0.1) is 0 Å². The average Bonchev–Trinajstić information content (AvgIpc) is 2.87. The zero-order chi connectivity index (χ0) is 13.0. The lowest BCUT2D eigenvalue weighted by molar-refractivity contribution is 0.0700. The quantitative estimate of drug-likeness (QED) is 0.459. The third-order valence-corrected chi connectivity index (χ3v) is 2.27. The molecule has 18 heavy (non-hydrogen) atoms. The highest BCUT2D eigenvalue weighted by Gasteiger charge is 2.12. The Labute approximate surface area is 102 Å². The van der Waals surface area contributed by atoms with Crippen LogP contribution >= 0.6 is 0 Å². The van der Waals surface area contributed by atoms with Gasteiger partial charge in [-0.05, 0) is 0 Å². The van der Waals surface area contributed by atoms with Crippen molar-refractivity contribution < 1.29 is 14.8 Å². The van der Waals surface area contributed by atoms with Crippen molar-refractivity contribution in [1.82, 2.24) is 20.5 Å². The Morgan fingerprint density at radius 3 is 2.67 bits per heavy atom. The second-order valence-corrected chi connectivity index (χ2v) is 3.53. The number of carbonyl (C=O) groups is 2. The van der Waals surface area contributed by atoms with Gasteiger partial charge in [0.05, 0.1) is 6.20 Å². The molecular weight excluding hydrogens is 236 g/mol. The molecule has 7 nitrogen and oxygen atoms in total. The van der Waals surface area contributed by atoms with Crippen LogP contribution in [0.25, 0.3) is 0 Å².